The molecule has 3 aromatic rings. The van der Waals surface area contributed by atoms with E-state index in [1.807, 2.05) is 44.2 Å². The molecule has 140 valence electrons. The smallest absolute Gasteiger partial charge is 0.0915 e. The number of azo groups is 1. The normalized spacial score (nSPS) is 10.6. The van der Waals surface area contributed by atoms with Crippen molar-refractivity contribution < 1.29 is 0 Å². The number of rotatable bonds is 2. The highest BCUT2D eigenvalue weighted by atomic mass is 15.1. The Bertz CT molecular complexity index is 842. The van der Waals surface area contributed by atoms with Crippen LogP contribution < -0.4 is 5.73 Å². The van der Waals surface area contributed by atoms with E-state index in [4.69, 9.17) is 5.73 Å². The summed E-state index contributed by atoms with van der Waals surface area (Å²) in [5, 5.41) is 8.84. The molecule has 0 heterocycles. The second-order valence-corrected chi connectivity index (χ2v) is 6.99. The maximum Gasteiger partial charge on any atom is 0.0915 e. The summed E-state index contributed by atoms with van der Waals surface area (Å²) in [5.41, 5.74) is 15.5. The van der Waals surface area contributed by atoms with E-state index in [-0.39, 0.29) is 0 Å². The Hall–Kier alpha value is -2.94. The number of nitrogens with two attached hydrogens (primary N) is 1. The third-order valence-corrected chi connectivity index (χ3v) is 4.67. The van der Waals surface area contributed by atoms with Gasteiger partial charge in [0.15, 0.2) is 0 Å². The molecular weight excluding hydrogens is 330 g/mol. The molecule has 0 amide bonds. The van der Waals surface area contributed by atoms with E-state index in [9.17, 15) is 0 Å². The minimum absolute atomic E-state index is 0.914. The molecule has 3 nitrogen and oxygen atoms in total. The SMILES string of the molecule is Cc1cccc(C)c1N.Cc1cccc(C)c1N=Nc1c(C)cccc1C. The summed E-state index contributed by atoms with van der Waals surface area (Å²) < 4.78 is 0. The maximum atomic E-state index is 5.68. The molecule has 0 spiro atoms. The van der Waals surface area contributed by atoms with Gasteiger partial charge in [0, 0.05) is 5.69 Å². The number of aryl methyl sites for hydroxylation is 6. The predicted octanol–water partition coefficient (Wildman–Crippen LogP) is 7.22. The molecule has 0 aromatic heterocycles. The Morgan fingerprint density at radius 3 is 1.00 bits per heavy atom. The van der Waals surface area contributed by atoms with Crippen molar-refractivity contribution in [2.45, 2.75) is 41.5 Å². The van der Waals surface area contributed by atoms with E-state index >= 15 is 0 Å². The van der Waals surface area contributed by atoms with Gasteiger partial charge in [0.05, 0.1) is 11.4 Å². The molecule has 3 rings (SSSR count). The van der Waals surface area contributed by atoms with Crippen molar-refractivity contribution in [1.29, 1.82) is 0 Å². The molecule has 0 bridgehead atoms. The van der Waals surface area contributed by atoms with Crippen molar-refractivity contribution in [2.24, 2.45) is 10.2 Å². The third kappa shape index (κ3) is 5.27. The van der Waals surface area contributed by atoms with E-state index in [0.29, 0.717) is 0 Å². The van der Waals surface area contributed by atoms with Crippen molar-refractivity contribution >= 4 is 17.1 Å². The molecule has 0 aliphatic carbocycles. The van der Waals surface area contributed by atoms with Gasteiger partial charge < -0.3 is 5.73 Å². The fraction of sp³-hybridized carbons (Fsp3) is 0.250. The molecular formula is C24H29N3. The molecule has 0 saturated carbocycles. The molecule has 27 heavy (non-hydrogen) atoms. The van der Waals surface area contributed by atoms with Gasteiger partial charge in [0.25, 0.3) is 0 Å². The number of nitrogen functional groups attached to an aromatic ring is 1. The first-order valence-electron chi connectivity index (χ1n) is 9.17. The Balaban J connectivity index is 0.000000244. The van der Waals surface area contributed by atoms with Crippen molar-refractivity contribution in [2.75, 3.05) is 5.73 Å². The average molecular weight is 360 g/mol. The summed E-state index contributed by atoms with van der Waals surface area (Å²) in [5.74, 6) is 0. The number of anilines is 1. The number of hydrogen-bond donors (Lipinski definition) is 1. The van der Waals surface area contributed by atoms with E-state index < -0.39 is 0 Å². The lowest BCUT2D eigenvalue weighted by Crippen LogP contribution is -1.91. The molecule has 0 aliphatic rings. The molecule has 2 N–H and O–H groups in total. The highest BCUT2D eigenvalue weighted by molar-refractivity contribution is 5.55. The molecule has 0 fully saturated rings. The molecule has 3 heteroatoms. The minimum Gasteiger partial charge on any atom is -0.398 e. The minimum atomic E-state index is 0.914. The second-order valence-electron chi connectivity index (χ2n) is 6.99. The fourth-order valence-electron chi connectivity index (χ4n) is 2.85. The summed E-state index contributed by atoms with van der Waals surface area (Å²) in [6.07, 6.45) is 0. The zero-order chi connectivity index (χ0) is 20.0. The Morgan fingerprint density at radius 1 is 0.481 bits per heavy atom. The van der Waals surface area contributed by atoms with Crippen molar-refractivity contribution in [3.63, 3.8) is 0 Å². The zero-order valence-electron chi connectivity index (χ0n) is 17.2. The van der Waals surface area contributed by atoms with Crippen LogP contribution in [0.5, 0.6) is 0 Å². The van der Waals surface area contributed by atoms with Crippen LogP contribution in [0.15, 0.2) is 64.8 Å². The van der Waals surface area contributed by atoms with Crippen LogP contribution >= 0.6 is 0 Å². The largest absolute Gasteiger partial charge is 0.398 e. The fourth-order valence-corrected chi connectivity index (χ4v) is 2.85. The number of hydrogen-bond acceptors (Lipinski definition) is 3. The van der Waals surface area contributed by atoms with Gasteiger partial charge in [-0.15, -0.1) is 10.2 Å². The Labute approximate surface area is 163 Å². The summed E-state index contributed by atoms with van der Waals surface area (Å²) in [6, 6.07) is 18.4. The van der Waals surface area contributed by atoms with Gasteiger partial charge in [-0.2, -0.15) is 0 Å². The Kier molecular flexibility index (Phi) is 6.89. The van der Waals surface area contributed by atoms with Crippen molar-refractivity contribution in [3.8, 4) is 0 Å². The molecule has 3 aromatic carbocycles. The lowest BCUT2D eigenvalue weighted by atomic mass is 10.1. The van der Waals surface area contributed by atoms with E-state index in [1.54, 1.807) is 0 Å². The topological polar surface area (TPSA) is 50.7 Å². The van der Waals surface area contributed by atoms with Crippen LogP contribution in [0.1, 0.15) is 33.4 Å². The molecule has 0 radical (unpaired) electrons. The van der Waals surface area contributed by atoms with Gasteiger partial charge in [0.2, 0.25) is 0 Å². The summed E-state index contributed by atoms with van der Waals surface area (Å²) in [7, 11) is 0. The van der Waals surface area contributed by atoms with E-state index in [0.717, 1.165) is 50.4 Å². The van der Waals surface area contributed by atoms with Gasteiger partial charge in [-0.25, -0.2) is 0 Å². The molecule has 0 saturated heterocycles. The van der Waals surface area contributed by atoms with Crippen LogP contribution in [-0.2, 0) is 0 Å². The summed E-state index contributed by atoms with van der Waals surface area (Å²) in [4.78, 5) is 0. The lowest BCUT2D eigenvalue weighted by Gasteiger charge is -2.05. The van der Waals surface area contributed by atoms with Crippen LogP contribution in [0.3, 0.4) is 0 Å². The first-order chi connectivity index (χ1) is 12.8. The molecule has 0 unspecified atom stereocenters. The van der Waals surface area contributed by atoms with Crippen LogP contribution in [0.25, 0.3) is 0 Å². The van der Waals surface area contributed by atoms with Crippen LogP contribution in [0.4, 0.5) is 17.1 Å². The predicted molar refractivity (Wildman–Crippen MR) is 116 cm³/mol. The van der Waals surface area contributed by atoms with Crippen LogP contribution in [0, 0.1) is 41.5 Å². The van der Waals surface area contributed by atoms with Gasteiger partial charge in [-0.1, -0.05) is 54.6 Å². The average Bonchev–Trinajstić information content (AvgIpc) is 2.62. The molecule has 0 aliphatic heterocycles. The number of nitrogens with zero attached hydrogens (tertiary/aromatic N) is 2. The molecule has 0 atom stereocenters. The highest BCUT2D eigenvalue weighted by Crippen LogP contribution is 2.28. The van der Waals surface area contributed by atoms with Gasteiger partial charge >= 0.3 is 0 Å². The van der Waals surface area contributed by atoms with Gasteiger partial charge in [-0.05, 0) is 74.9 Å². The second kappa shape index (κ2) is 9.13. The summed E-state index contributed by atoms with van der Waals surface area (Å²) in [6.45, 7) is 12.3. The van der Waals surface area contributed by atoms with Crippen molar-refractivity contribution in [1.82, 2.24) is 0 Å². The van der Waals surface area contributed by atoms with E-state index in [1.165, 1.54) is 0 Å². The van der Waals surface area contributed by atoms with Crippen LogP contribution in [0.2, 0.25) is 0 Å². The monoisotopic (exact) mass is 359 g/mol. The van der Waals surface area contributed by atoms with E-state index in [2.05, 4.69) is 62.2 Å². The quantitative estimate of drug-likeness (QED) is 0.381. The Morgan fingerprint density at radius 2 is 0.741 bits per heavy atom. The summed E-state index contributed by atoms with van der Waals surface area (Å²) >= 11 is 0. The highest BCUT2D eigenvalue weighted by Gasteiger charge is 2.03. The van der Waals surface area contributed by atoms with Crippen LogP contribution in [-0.4, -0.2) is 0 Å². The zero-order valence-corrected chi connectivity index (χ0v) is 17.2. The third-order valence-electron chi connectivity index (χ3n) is 4.67. The van der Waals surface area contributed by atoms with Crippen molar-refractivity contribution in [3.05, 3.63) is 88.0 Å². The van der Waals surface area contributed by atoms with Gasteiger partial charge in [0.1, 0.15) is 0 Å². The lowest BCUT2D eigenvalue weighted by molar-refractivity contribution is 1.16. The first kappa shape index (κ1) is 20.4. The maximum absolute atomic E-state index is 5.68. The number of benzene rings is 3. The van der Waals surface area contributed by atoms with Gasteiger partial charge in [-0.3, -0.25) is 0 Å². The standard InChI is InChI=1S/C16H18N2.C8H11N/c1-11-7-5-8-12(2)15(11)17-18-16-13(3)9-6-10-14(16)4;1-6-4-3-5-7(2)8(6)9/h5-10H,1-4H3;3-5H,9H2,1-2H3. The first-order valence-corrected chi connectivity index (χ1v) is 9.17. The number of para-hydroxylation sites is 1.